The highest BCUT2D eigenvalue weighted by molar-refractivity contribution is 6.47. The number of piperazine rings is 1. The number of carboxylic acid groups (broad SMARTS) is 1. The van der Waals surface area contributed by atoms with Gasteiger partial charge in [0.1, 0.15) is 28.9 Å². The van der Waals surface area contributed by atoms with E-state index in [4.69, 9.17) is 16.3 Å². The molecular weight excluding hydrogens is 554 g/mol. The number of likely N-dealkylation sites (N-methyl/N-ethyl adjacent to an activating group) is 1. The van der Waals surface area contributed by atoms with Crippen molar-refractivity contribution in [3.05, 3.63) is 52.1 Å². The number of rotatable bonds is 7. The van der Waals surface area contributed by atoms with Gasteiger partial charge in [0.15, 0.2) is 5.78 Å². The van der Waals surface area contributed by atoms with Crippen LogP contribution in [-0.4, -0.2) is 86.4 Å². The maximum absolute atomic E-state index is 14.1. The summed E-state index contributed by atoms with van der Waals surface area (Å²) in [6.45, 7) is 1.91. The number of hydrogen-bond donors (Lipinski definition) is 4. The minimum Gasteiger partial charge on any atom is -0.535 e. The molecule has 0 bridgehead atoms. The highest BCUT2D eigenvalue weighted by Crippen LogP contribution is 2.38. The van der Waals surface area contributed by atoms with Crippen LogP contribution in [0.3, 0.4) is 0 Å². The number of hydrogen-bond acceptors (Lipinski definition) is 9. The van der Waals surface area contributed by atoms with Crippen LogP contribution in [0.2, 0.25) is 10.8 Å². The van der Waals surface area contributed by atoms with Crippen LogP contribution in [-0.2, 0) is 20.8 Å². The first-order valence-corrected chi connectivity index (χ1v) is 12.5. The van der Waals surface area contributed by atoms with Gasteiger partial charge < -0.3 is 30.1 Å². The number of halogens is 2. The van der Waals surface area contributed by atoms with Crippen LogP contribution >= 0.6 is 11.6 Å². The van der Waals surface area contributed by atoms with Crippen LogP contribution in [0, 0.1) is 5.82 Å². The number of aromatic carboxylic acids is 1. The number of imide groups is 1. The average molecular weight is 577 g/mol. The first-order valence-electron chi connectivity index (χ1n) is 12.1. The van der Waals surface area contributed by atoms with Crippen molar-refractivity contribution in [2.75, 3.05) is 19.6 Å². The number of aromatic nitrogens is 1. The molecule has 2 aliphatic rings. The van der Waals surface area contributed by atoms with E-state index in [1.807, 2.05) is 0 Å². The van der Waals surface area contributed by atoms with Gasteiger partial charge in [-0.25, -0.2) is 14.0 Å². The van der Waals surface area contributed by atoms with E-state index >= 15 is 0 Å². The van der Waals surface area contributed by atoms with Crippen molar-refractivity contribution < 1.29 is 48.3 Å². The normalized spacial score (nSPS) is 17.7. The van der Waals surface area contributed by atoms with E-state index in [1.165, 1.54) is 11.0 Å². The molecule has 40 heavy (non-hydrogen) atoms. The third kappa shape index (κ3) is 5.56. The topological polar surface area (TPSA) is 187 Å². The molecule has 0 saturated carbocycles. The fourth-order valence-electron chi connectivity index (χ4n) is 4.57. The molecule has 2 aromatic rings. The Kier molecular flexibility index (Phi) is 8.25. The maximum atomic E-state index is 14.1. The zero-order chi connectivity index (χ0) is 29.3. The molecule has 1 aromatic carbocycles. The third-order valence-electron chi connectivity index (χ3n) is 6.64. The summed E-state index contributed by atoms with van der Waals surface area (Å²) in [5.41, 5.74) is -0.694. The number of benzene rings is 1. The summed E-state index contributed by atoms with van der Waals surface area (Å²) < 4.78 is 19.4. The molecule has 4 amide bonds. The third-order valence-corrected chi connectivity index (χ3v) is 6.95. The Bertz CT molecular complexity index is 1410. The van der Waals surface area contributed by atoms with E-state index in [-0.39, 0.29) is 53.8 Å². The average Bonchev–Trinajstić information content (AvgIpc) is 2.89. The fraction of sp³-hybridized carbons (Fsp3) is 0.333. The summed E-state index contributed by atoms with van der Waals surface area (Å²) in [4.78, 5) is 68.7. The van der Waals surface area contributed by atoms with E-state index in [9.17, 15) is 43.6 Å². The van der Waals surface area contributed by atoms with E-state index in [0.29, 0.717) is 4.90 Å². The van der Waals surface area contributed by atoms with Gasteiger partial charge in [0.2, 0.25) is 0 Å². The van der Waals surface area contributed by atoms with Gasteiger partial charge in [0, 0.05) is 37.9 Å². The van der Waals surface area contributed by atoms with E-state index in [1.54, 1.807) is 6.92 Å². The van der Waals surface area contributed by atoms with Crippen molar-refractivity contribution in [2.24, 2.45) is 0 Å². The molecule has 4 rings (SSSR count). The Morgan fingerprint density at radius 1 is 1.27 bits per heavy atom. The lowest BCUT2D eigenvalue weighted by molar-refractivity contribution is -0.153. The Morgan fingerprint density at radius 2 is 2.00 bits per heavy atom. The second kappa shape index (κ2) is 11.5. The molecule has 1 unspecified atom stereocenters. The Morgan fingerprint density at radius 3 is 2.65 bits per heavy atom. The van der Waals surface area contributed by atoms with Crippen molar-refractivity contribution in [3.63, 3.8) is 0 Å². The number of urea groups is 1. The summed E-state index contributed by atoms with van der Waals surface area (Å²) in [5, 5.41) is 31.8. The number of nitrogens with zero attached hydrogens (tertiary/aromatic N) is 3. The lowest BCUT2D eigenvalue weighted by Gasteiger charge is -2.33. The smallest absolute Gasteiger partial charge is 0.526 e. The predicted molar refractivity (Wildman–Crippen MR) is 135 cm³/mol. The van der Waals surface area contributed by atoms with Crippen LogP contribution in [0.5, 0.6) is 11.5 Å². The van der Waals surface area contributed by atoms with Crippen LogP contribution < -0.4 is 9.97 Å². The van der Waals surface area contributed by atoms with Crippen LogP contribution in [0.15, 0.2) is 24.4 Å². The summed E-state index contributed by atoms with van der Waals surface area (Å²) >= 11 is 6.20. The predicted octanol–water partition coefficient (Wildman–Crippen LogP) is 1.16. The van der Waals surface area contributed by atoms with Crippen LogP contribution in [0.25, 0.3) is 0 Å². The second-order valence-corrected chi connectivity index (χ2v) is 9.55. The van der Waals surface area contributed by atoms with Gasteiger partial charge in [-0.05, 0) is 25.0 Å². The van der Waals surface area contributed by atoms with Crippen molar-refractivity contribution in [2.45, 2.75) is 31.6 Å². The molecule has 3 heterocycles. The molecule has 0 radical (unpaired) electrons. The summed E-state index contributed by atoms with van der Waals surface area (Å²) in [6, 6.07) is 0.648. The fourth-order valence-corrected chi connectivity index (χ4v) is 4.84. The summed E-state index contributed by atoms with van der Waals surface area (Å²) in [7, 11) is -1.71. The number of pyridine rings is 1. The summed E-state index contributed by atoms with van der Waals surface area (Å²) in [6.07, 6.45) is 0.450. The molecule has 0 aliphatic carbocycles. The first kappa shape index (κ1) is 28.8. The number of carbonyl (C=O) groups excluding carboxylic acids is 4. The molecule has 1 fully saturated rings. The van der Waals surface area contributed by atoms with Crippen molar-refractivity contribution in [1.82, 2.24) is 20.1 Å². The van der Waals surface area contributed by atoms with E-state index in [0.717, 1.165) is 18.3 Å². The zero-order valence-electron chi connectivity index (χ0n) is 21.0. The number of Topliss-reactive ketones (excluding diaryl/α,β-unsaturated/α-hetero) is 1. The number of amides is 4. The van der Waals surface area contributed by atoms with Gasteiger partial charge in [-0.1, -0.05) is 17.7 Å². The van der Waals surface area contributed by atoms with Gasteiger partial charge >= 0.3 is 30.9 Å². The Balaban J connectivity index is 1.59. The number of carbonyl (C=O) groups is 5. The SMILES string of the molecule is CCN1CCN(C(=O)NC(C(=O)C[C@H]2Cc3ccc(F)c(C(=O)O)c3OB2O)c2ncc(O)cc2Cl)C(=O)C1=O. The van der Waals surface area contributed by atoms with Gasteiger partial charge in [0.05, 0.1) is 16.9 Å². The molecule has 4 N–H and O–H groups in total. The van der Waals surface area contributed by atoms with Crippen molar-refractivity contribution in [3.8, 4) is 11.5 Å². The number of carboxylic acids is 1. The molecule has 2 aliphatic heterocycles. The van der Waals surface area contributed by atoms with E-state index < -0.39 is 66.4 Å². The first-order chi connectivity index (χ1) is 18.9. The highest BCUT2D eigenvalue weighted by atomic mass is 35.5. The number of nitrogens with one attached hydrogen (secondary N) is 1. The molecule has 210 valence electrons. The standard InChI is InChI=1S/C24H23BClFN4O9/c1-2-30-5-6-31(22(35)21(30)34)24(38)29-19(18-14(26)9-13(32)10-28-18)16(33)8-12-7-11-3-4-15(27)17(23(36)37)20(11)40-25(12)39/h3-4,9-10,12,19,32,39H,2,5-8H2,1H3,(H,29,38)(H,36,37)/t12-,19?/m1/s1. The van der Waals surface area contributed by atoms with E-state index in [2.05, 4.69) is 10.3 Å². The lowest BCUT2D eigenvalue weighted by atomic mass is 9.64. The molecule has 2 atom stereocenters. The Labute approximate surface area is 231 Å². The minimum absolute atomic E-state index is 0.0772. The van der Waals surface area contributed by atoms with Gasteiger partial charge in [-0.3, -0.25) is 24.3 Å². The maximum Gasteiger partial charge on any atom is 0.526 e. The number of fused-ring (bicyclic) bond motifs is 1. The van der Waals surface area contributed by atoms with Gasteiger partial charge in [-0.2, -0.15) is 0 Å². The molecule has 1 saturated heterocycles. The number of aromatic hydroxyl groups is 1. The molecule has 0 spiro atoms. The largest absolute Gasteiger partial charge is 0.535 e. The van der Waals surface area contributed by atoms with Crippen LogP contribution in [0.4, 0.5) is 9.18 Å². The Hall–Kier alpha value is -4.24. The molecule has 13 nitrogen and oxygen atoms in total. The van der Waals surface area contributed by atoms with Gasteiger partial charge in [-0.15, -0.1) is 0 Å². The molecular formula is C24H23BClFN4O9. The quantitative estimate of drug-likeness (QED) is 0.275. The minimum atomic E-state index is -1.71. The summed E-state index contributed by atoms with van der Waals surface area (Å²) in [5.74, 6) is -7.00. The molecule has 1 aromatic heterocycles. The van der Waals surface area contributed by atoms with Crippen molar-refractivity contribution in [1.29, 1.82) is 0 Å². The second-order valence-electron chi connectivity index (χ2n) is 9.14. The zero-order valence-corrected chi connectivity index (χ0v) is 21.7. The van der Waals surface area contributed by atoms with Gasteiger partial charge in [0.25, 0.3) is 0 Å². The number of ketones is 1. The van der Waals surface area contributed by atoms with Crippen molar-refractivity contribution >= 4 is 48.3 Å². The highest BCUT2D eigenvalue weighted by Gasteiger charge is 2.42. The molecule has 16 heteroatoms. The monoisotopic (exact) mass is 576 g/mol. The van der Waals surface area contributed by atoms with Crippen LogP contribution in [0.1, 0.15) is 41.0 Å². The lowest BCUT2D eigenvalue weighted by Crippen LogP contribution is -2.58.